The van der Waals surface area contributed by atoms with E-state index >= 15 is 0 Å². The highest BCUT2D eigenvalue weighted by atomic mass is 16.2. The lowest BCUT2D eigenvalue weighted by Crippen LogP contribution is -2.34. The van der Waals surface area contributed by atoms with Crippen LogP contribution in [0.4, 0.5) is 27.5 Å². The summed E-state index contributed by atoms with van der Waals surface area (Å²) in [5.41, 5.74) is 5.23. The molecule has 0 radical (unpaired) electrons. The molecule has 0 spiro atoms. The van der Waals surface area contributed by atoms with E-state index in [0.29, 0.717) is 11.3 Å². The van der Waals surface area contributed by atoms with Crippen LogP contribution in [-0.2, 0) is 6.42 Å². The summed E-state index contributed by atoms with van der Waals surface area (Å²) in [4.78, 5) is 27.2. The number of para-hydroxylation sites is 3. The zero-order valence-corrected chi connectivity index (χ0v) is 17.7. The summed E-state index contributed by atoms with van der Waals surface area (Å²) >= 11 is 0. The Kier molecular flexibility index (Phi) is 5.89. The van der Waals surface area contributed by atoms with Crippen LogP contribution in [-0.4, -0.2) is 24.5 Å². The van der Waals surface area contributed by atoms with Crippen LogP contribution in [0.1, 0.15) is 29.8 Å². The predicted molar refractivity (Wildman–Crippen MR) is 125 cm³/mol. The number of benzene rings is 3. The number of nitrogens with one attached hydrogen (secondary N) is 3. The SMILES string of the molecule is CC(C)NC(=O)Nc1cccc(C(=O)Nc2ccccc2N2CCc3ccccc32)c1. The molecule has 6 heteroatoms. The van der Waals surface area contributed by atoms with Gasteiger partial charge in [0.25, 0.3) is 5.91 Å². The molecule has 0 aromatic heterocycles. The summed E-state index contributed by atoms with van der Waals surface area (Å²) in [5.74, 6) is -0.229. The molecule has 31 heavy (non-hydrogen) atoms. The number of amides is 3. The Morgan fingerprint density at radius 1 is 0.871 bits per heavy atom. The van der Waals surface area contributed by atoms with Gasteiger partial charge in [-0.15, -0.1) is 0 Å². The van der Waals surface area contributed by atoms with Crippen molar-refractivity contribution in [3.63, 3.8) is 0 Å². The molecule has 0 aliphatic carbocycles. The number of anilines is 4. The minimum atomic E-state index is -0.300. The first kappa shape index (κ1) is 20.5. The van der Waals surface area contributed by atoms with E-state index in [4.69, 9.17) is 0 Å². The highest BCUT2D eigenvalue weighted by molar-refractivity contribution is 6.07. The zero-order valence-electron chi connectivity index (χ0n) is 17.7. The van der Waals surface area contributed by atoms with Crippen molar-refractivity contribution in [2.24, 2.45) is 0 Å². The molecule has 0 atom stereocenters. The average Bonchev–Trinajstić information content (AvgIpc) is 3.18. The van der Waals surface area contributed by atoms with Gasteiger partial charge in [0.05, 0.1) is 11.4 Å². The van der Waals surface area contributed by atoms with Crippen LogP contribution >= 0.6 is 0 Å². The maximum atomic E-state index is 13.0. The number of carbonyl (C=O) groups is 2. The van der Waals surface area contributed by atoms with E-state index in [-0.39, 0.29) is 18.0 Å². The van der Waals surface area contributed by atoms with E-state index in [9.17, 15) is 9.59 Å². The molecule has 3 N–H and O–H groups in total. The summed E-state index contributed by atoms with van der Waals surface area (Å²) in [6, 6.07) is 22.8. The molecule has 0 fully saturated rings. The van der Waals surface area contributed by atoms with Gasteiger partial charge < -0.3 is 20.9 Å². The quantitative estimate of drug-likeness (QED) is 0.540. The lowest BCUT2D eigenvalue weighted by atomic mass is 10.1. The second-order valence-corrected chi connectivity index (χ2v) is 7.84. The maximum absolute atomic E-state index is 13.0. The summed E-state index contributed by atoms with van der Waals surface area (Å²) in [7, 11) is 0. The second-order valence-electron chi connectivity index (χ2n) is 7.84. The first-order valence-corrected chi connectivity index (χ1v) is 10.4. The zero-order chi connectivity index (χ0) is 21.8. The van der Waals surface area contributed by atoms with E-state index in [0.717, 1.165) is 24.3 Å². The molecule has 158 valence electrons. The number of nitrogens with zero attached hydrogens (tertiary/aromatic N) is 1. The summed E-state index contributed by atoms with van der Waals surface area (Å²) < 4.78 is 0. The van der Waals surface area contributed by atoms with Crippen molar-refractivity contribution >= 4 is 34.7 Å². The van der Waals surface area contributed by atoms with Crippen molar-refractivity contribution in [1.82, 2.24) is 5.32 Å². The van der Waals surface area contributed by atoms with Gasteiger partial charge in [-0.05, 0) is 62.2 Å². The first-order chi connectivity index (χ1) is 15.0. The Morgan fingerprint density at radius 3 is 2.42 bits per heavy atom. The van der Waals surface area contributed by atoms with Gasteiger partial charge in [-0.3, -0.25) is 4.79 Å². The molecule has 0 bridgehead atoms. The van der Waals surface area contributed by atoms with Crippen molar-refractivity contribution in [2.75, 3.05) is 22.1 Å². The molecule has 0 unspecified atom stereocenters. The van der Waals surface area contributed by atoms with Crippen LogP contribution in [0, 0.1) is 0 Å². The van der Waals surface area contributed by atoms with E-state index in [1.165, 1.54) is 11.3 Å². The van der Waals surface area contributed by atoms with Gasteiger partial charge in [0.2, 0.25) is 0 Å². The monoisotopic (exact) mass is 414 g/mol. The molecule has 0 saturated heterocycles. The van der Waals surface area contributed by atoms with Gasteiger partial charge in [0, 0.05) is 29.5 Å². The molecule has 3 amide bonds. The molecule has 4 rings (SSSR count). The highest BCUT2D eigenvalue weighted by Gasteiger charge is 2.22. The Labute approximate surface area is 182 Å². The predicted octanol–water partition coefficient (Wildman–Crippen LogP) is 5.16. The Bertz CT molecular complexity index is 1110. The van der Waals surface area contributed by atoms with Crippen molar-refractivity contribution in [1.29, 1.82) is 0 Å². The molecule has 3 aromatic carbocycles. The number of fused-ring (bicyclic) bond motifs is 1. The van der Waals surface area contributed by atoms with Gasteiger partial charge in [0.15, 0.2) is 0 Å². The van der Waals surface area contributed by atoms with Crippen LogP contribution in [0.25, 0.3) is 0 Å². The van der Waals surface area contributed by atoms with Gasteiger partial charge in [-0.2, -0.15) is 0 Å². The fourth-order valence-electron chi connectivity index (χ4n) is 3.77. The van der Waals surface area contributed by atoms with Crippen molar-refractivity contribution in [3.05, 3.63) is 83.9 Å². The van der Waals surface area contributed by atoms with E-state index < -0.39 is 0 Å². The second kappa shape index (κ2) is 8.92. The van der Waals surface area contributed by atoms with Crippen LogP contribution in [0.3, 0.4) is 0 Å². The minimum absolute atomic E-state index is 0.0266. The number of urea groups is 1. The molecule has 1 heterocycles. The van der Waals surface area contributed by atoms with Crippen molar-refractivity contribution in [3.8, 4) is 0 Å². The Morgan fingerprint density at radius 2 is 1.61 bits per heavy atom. The smallest absolute Gasteiger partial charge is 0.319 e. The normalized spacial score (nSPS) is 12.4. The maximum Gasteiger partial charge on any atom is 0.319 e. The van der Waals surface area contributed by atoms with E-state index in [1.54, 1.807) is 24.3 Å². The lowest BCUT2D eigenvalue weighted by Gasteiger charge is -2.23. The molecule has 0 saturated carbocycles. The number of hydrogen-bond donors (Lipinski definition) is 3. The summed E-state index contributed by atoms with van der Waals surface area (Å²) in [6.45, 7) is 4.65. The lowest BCUT2D eigenvalue weighted by molar-refractivity contribution is 0.102. The topological polar surface area (TPSA) is 73.5 Å². The van der Waals surface area contributed by atoms with Crippen molar-refractivity contribution in [2.45, 2.75) is 26.3 Å². The third-order valence-corrected chi connectivity index (χ3v) is 5.13. The van der Waals surface area contributed by atoms with E-state index in [2.05, 4.69) is 39.0 Å². The van der Waals surface area contributed by atoms with Gasteiger partial charge in [-0.1, -0.05) is 36.4 Å². The largest absolute Gasteiger partial charge is 0.339 e. The molecular weight excluding hydrogens is 388 g/mol. The van der Waals surface area contributed by atoms with E-state index in [1.807, 2.05) is 44.2 Å². The van der Waals surface area contributed by atoms with Crippen LogP contribution < -0.4 is 20.9 Å². The van der Waals surface area contributed by atoms with Gasteiger partial charge in [-0.25, -0.2) is 4.79 Å². The van der Waals surface area contributed by atoms with Gasteiger partial charge >= 0.3 is 6.03 Å². The minimum Gasteiger partial charge on any atom is -0.339 e. The molecule has 1 aliphatic heterocycles. The van der Waals surface area contributed by atoms with Crippen LogP contribution in [0.2, 0.25) is 0 Å². The van der Waals surface area contributed by atoms with Crippen LogP contribution in [0.15, 0.2) is 72.8 Å². The Hall–Kier alpha value is -3.80. The molecule has 6 nitrogen and oxygen atoms in total. The third-order valence-electron chi connectivity index (χ3n) is 5.13. The standard InChI is InChI=1S/C25H26N4O2/c1-17(2)26-25(31)27-20-10-7-9-19(16-20)24(30)28-21-11-4-6-13-23(21)29-15-14-18-8-3-5-12-22(18)29/h3-13,16-17H,14-15H2,1-2H3,(H,28,30)(H2,26,27,31). The molecule has 3 aromatic rings. The highest BCUT2D eigenvalue weighted by Crippen LogP contribution is 2.38. The average molecular weight is 415 g/mol. The third kappa shape index (κ3) is 4.69. The fourth-order valence-corrected chi connectivity index (χ4v) is 3.77. The number of rotatable bonds is 5. The fraction of sp³-hybridized carbons (Fsp3) is 0.200. The number of hydrogen-bond acceptors (Lipinski definition) is 3. The molecular formula is C25H26N4O2. The van der Waals surface area contributed by atoms with Crippen molar-refractivity contribution < 1.29 is 9.59 Å². The Balaban J connectivity index is 1.53. The first-order valence-electron chi connectivity index (χ1n) is 10.4. The summed E-state index contributed by atoms with van der Waals surface area (Å²) in [6.07, 6.45) is 0.977. The van der Waals surface area contributed by atoms with Crippen LogP contribution in [0.5, 0.6) is 0 Å². The summed E-state index contributed by atoms with van der Waals surface area (Å²) in [5, 5.41) is 8.57. The molecule has 1 aliphatic rings. The van der Waals surface area contributed by atoms with Gasteiger partial charge in [0.1, 0.15) is 0 Å². The number of carbonyl (C=O) groups excluding carboxylic acids is 2.